The second-order valence-electron chi connectivity index (χ2n) is 3.90. The highest BCUT2D eigenvalue weighted by molar-refractivity contribution is 14.1. The summed E-state index contributed by atoms with van der Waals surface area (Å²) in [6.07, 6.45) is 0.881. The Morgan fingerprint density at radius 1 is 1.29 bits per heavy atom. The Bertz CT molecular complexity index is 550. The predicted octanol–water partition coefficient (Wildman–Crippen LogP) is 2.82. The van der Waals surface area contributed by atoms with E-state index in [1.165, 1.54) is 17.8 Å². The van der Waals surface area contributed by atoms with Crippen LogP contribution < -0.4 is 0 Å². The molecule has 2 aromatic rings. The molecule has 0 radical (unpaired) electrons. The standard InChI is InChI=1S/C12H10FIN2O/c13-9-3-1-8(2-4-9)12-11(14)10-5-6-17-7-16(10)15-12/h1-4H,5-7H2. The number of benzene rings is 1. The van der Waals surface area contributed by atoms with Gasteiger partial charge in [0.15, 0.2) is 0 Å². The highest BCUT2D eigenvalue weighted by atomic mass is 127. The molecule has 0 N–H and O–H groups in total. The Morgan fingerprint density at radius 2 is 2.06 bits per heavy atom. The zero-order valence-electron chi connectivity index (χ0n) is 8.99. The van der Waals surface area contributed by atoms with Crippen molar-refractivity contribution in [1.29, 1.82) is 0 Å². The van der Waals surface area contributed by atoms with Crippen molar-refractivity contribution in [3.63, 3.8) is 0 Å². The molecule has 2 heterocycles. The monoisotopic (exact) mass is 344 g/mol. The predicted molar refractivity (Wildman–Crippen MR) is 70.0 cm³/mol. The molecule has 1 aromatic carbocycles. The van der Waals surface area contributed by atoms with Gasteiger partial charge in [0, 0.05) is 12.0 Å². The third-order valence-corrected chi connectivity index (χ3v) is 3.94. The number of hydrogen-bond acceptors (Lipinski definition) is 2. The highest BCUT2D eigenvalue weighted by Crippen LogP contribution is 2.28. The fourth-order valence-electron chi connectivity index (χ4n) is 1.93. The van der Waals surface area contributed by atoms with Gasteiger partial charge in [-0.15, -0.1) is 0 Å². The summed E-state index contributed by atoms with van der Waals surface area (Å²) in [6, 6.07) is 6.43. The summed E-state index contributed by atoms with van der Waals surface area (Å²) in [5.74, 6) is -0.226. The topological polar surface area (TPSA) is 27.1 Å². The largest absolute Gasteiger partial charge is 0.359 e. The summed E-state index contributed by atoms with van der Waals surface area (Å²) in [5, 5.41) is 4.51. The van der Waals surface area contributed by atoms with Gasteiger partial charge in [0.25, 0.3) is 0 Å². The van der Waals surface area contributed by atoms with Gasteiger partial charge < -0.3 is 4.74 Å². The van der Waals surface area contributed by atoms with E-state index in [9.17, 15) is 4.39 Å². The molecule has 0 spiro atoms. The molecular weight excluding hydrogens is 334 g/mol. The van der Waals surface area contributed by atoms with Crippen LogP contribution in [-0.2, 0) is 17.9 Å². The van der Waals surface area contributed by atoms with Crippen molar-refractivity contribution < 1.29 is 9.13 Å². The van der Waals surface area contributed by atoms with E-state index < -0.39 is 0 Å². The molecule has 1 aromatic heterocycles. The first kappa shape index (κ1) is 11.2. The summed E-state index contributed by atoms with van der Waals surface area (Å²) in [4.78, 5) is 0. The maximum absolute atomic E-state index is 12.9. The Hall–Kier alpha value is -0.950. The van der Waals surface area contributed by atoms with Crippen LogP contribution in [0, 0.1) is 9.39 Å². The summed E-state index contributed by atoms with van der Waals surface area (Å²) >= 11 is 2.30. The number of fused-ring (bicyclic) bond motifs is 1. The maximum Gasteiger partial charge on any atom is 0.139 e. The molecule has 0 unspecified atom stereocenters. The van der Waals surface area contributed by atoms with Crippen molar-refractivity contribution in [2.75, 3.05) is 6.61 Å². The molecule has 0 bridgehead atoms. The van der Waals surface area contributed by atoms with Crippen LogP contribution in [0.5, 0.6) is 0 Å². The van der Waals surface area contributed by atoms with Crippen molar-refractivity contribution in [2.45, 2.75) is 13.2 Å². The Balaban J connectivity index is 2.09. The van der Waals surface area contributed by atoms with E-state index in [1.54, 1.807) is 12.1 Å². The summed E-state index contributed by atoms with van der Waals surface area (Å²) in [7, 11) is 0. The number of halogens is 2. The minimum absolute atomic E-state index is 0.226. The van der Waals surface area contributed by atoms with Gasteiger partial charge in [0.2, 0.25) is 0 Å². The normalized spacial score (nSPS) is 14.7. The molecule has 88 valence electrons. The minimum atomic E-state index is -0.226. The molecule has 0 saturated heterocycles. The molecule has 1 aliphatic rings. The van der Waals surface area contributed by atoms with Crippen molar-refractivity contribution >= 4 is 22.6 Å². The van der Waals surface area contributed by atoms with E-state index in [0.717, 1.165) is 27.9 Å². The molecular formula is C12H10FIN2O. The van der Waals surface area contributed by atoms with E-state index in [1.807, 2.05) is 4.68 Å². The number of ether oxygens (including phenoxy) is 1. The molecule has 0 fully saturated rings. The van der Waals surface area contributed by atoms with Crippen molar-refractivity contribution in [1.82, 2.24) is 9.78 Å². The van der Waals surface area contributed by atoms with E-state index in [-0.39, 0.29) is 5.82 Å². The second kappa shape index (κ2) is 4.38. The third kappa shape index (κ3) is 1.97. The SMILES string of the molecule is Fc1ccc(-c2nn3c(c2I)CCOC3)cc1. The number of rotatable bonds is 1. The third-order valence-electron chi connectivity index (χ3n) is 2.81. The van der Waals surface area contributed by atoms with Crippen LogP contribution in [0.15, 0.2) is 24.3 Å². The van der Waals surface area contributed by atoms with E-state index >= 15 is 0 Å². The number of aromatic nitrogens is 2. The van der Waals surface area contributed by atoms with Crippen LogP contribution in [0.2, 0.25) is 0 Å². The zero-order valence-corrected chi connectivity index (χ0v) is 11.1. The Kier molecular flexibility index (Phi) is 2.87. The minimum Gasteiger partial charge on any atom is -0.359 e. The van der Waals surface area contributed by atoms with Crippen LogP contribution in [0.3, 0.4) is 0 Å². The average molecular weight is 344 g/mol. The summed E-state index contributed by atoms with van der Waals surface area (Å²) < 4.78 is 21.3. The lowest BCUT2D eigenvalue weighted by Crippen LogP contribution is -2.17. The molecule has 3 nitrogen and oxygen atoms in total. The van der Waals surface area contributed by atoms with Gasteiger partial charge in [-0.05, 0) is 46.9 Å². The lowest BCUT2D eigenvalue weighted by Gasteiger charge is -2.13. The molecule has 5 heteroatoms. The first-order valence-corrected chi connectivity index (χ1v) is 6.42. The molecule has 0 saturated carbocycles. The molecule has 0 amide bonds. The van der Waals surface area contributed by atoms with Crippen LogP contribution in [0.4, 0.5) is 4.39 Å². The van der Waals surface area contributed by atoms with Crippen molar-refractivity contribution in [3.8, 4) is 11.3 Å². The first-order valence-electron chi connectivity index (χ1n) is 5.34. The van der Waals surface area contributed by atoms with Gasteiger partial charge in [-0.1, -0.05) is 0 Å². The van der Waals surface area contributed by atoms with Crippen LogP contribution in [0.1, 0.15) is 5.69 Å². The fourth-order valence-corrected chi connectivity index (χ4v) is 2.90. The number of hydrogen-bond donors (Lipinski definition) is 0. The lowest BCUT2D eigenvalue weighted by atomic mass is 10.1. The van der Waals surface area contributed by atoms with Crippen LogP contribution in [-0.4, -0.2) is 16.4 Å². The van der Waals surface area contributed by atoms with Gasteiger partial charge in [0.1, 0.15) is 18.2 Å². The van der Waals surface area contributed by atoms with Gasteiger partial charge in [-0.2, -0.15) is 5.10 Å². The highest BCUT2D eigenvalue weighted by Gasteiger charge is 2.19. The second-order valence-corrected chi connectivity index (χ2v) is 4.98. The number of nitrogens with zero attached hydrogens (tertiary/aromatic N) is 2. The van der Waals surface area contributed by atoms with Crippen LogP contribution >= 0.6 is 22.6 Å². The van der Waals surface area contributed by atoms with Gasteiger partial charge in [-0.25, -0.2) is 9.07 Å². The molecule has 3 rings (SSSR count). The molecule has 1 aliphatic heterocycles. The average Bonchev–Trinajstić information content (AvgIpc) is 2.69. The molecule has 0 atom stereocenters. The van der Waals surface area contributed by atoms with Gasteiger partial charge in [-0.3, -0.25) is 0 Å². The van der Waals surface area contributed by atoms with E-state index in [4.69, 9.17) is 4.74 Å². The summed E-state index contributed by atoms with van der Waals surface area (Å²) in [6.45, 7) is 1.25. The Labute approximate surface area is 112 Å². The summed E-state index contributed by atoms with van der Waals surface area (Å²) in [5.41, 5.74) is 3.06. The van der Waals surface area contributed by atoms with Crippen molar-refractivity contribution in [3.05, 3.63) is 39.3 Å². The zero-order chi connectivity index (χ0) is 11.8. The van der Waals surface area contributed by atoms with E-state index in [2.05, 4.69) is 27.7 Å². The molecule has 0 aliphatic carbocycles. The first-order chi connectivity index (χ1) is 8.25. The smallest absolute Gasteiger partial charge is 0.139 e. The lowest BCUT2D eigenvalue weighted by molar-refractivity contribution is 0.0478. The van der Waals surface area contributed by atoms with Crippen LogP contribution in [0.25, 0.3) is 11.3 Å². The quantitative estimate of drug-likeness (QED) is 0.744. The maximum atomic E-state index is 12.9. The Morgan fingerprint density at radius 3 is 2.76 bits per heavy atom. The molecule has 17 heavy (non-hydrogen) atoms. The van der Waals surface area contributed by atoms with Crippen molar-refractivity contribution in [2.24, 2.45) is 0 Å². The fraction of sp³-hybridized carbons (Fsp3) is 0.250. The van der Waals surface area contributed by atoms with Gasteiger partial charge >= 0.3 is 0 Å². The van der Waals surface area contributed by atoms with E-state index in [0.29, 0.717) is 6.73 Å². The van der Waals surface area contributed by atoms with Gasteiger partial charge in [0.05, 0.1) is 15.9 Å².